The van der Waals surface area contributed by atoms with Crippen LogP contribution in [-0.2, 0) is 0 Å². The molecule has 0 unspecified atom stereocenters. The Morgan fingerprint density at radius 2 is 1.84 bits per heavy atom. The molecule has 2 rings (SSSR count). The molecule has 19 heavy (non-hydrogen) atoms. The molecule has 106 valence electrons. The van der Waals surface area contributed by atoms with Crippen LogP contribution < -0.4 is 10.6 Å². The molecule has 3 N–H and O–H groups in total. The maximum absolute atomic E-state index is 9.89. The summed E-state index contributed by atoms with van der Waals surface area (Å²) in [6.07, 6.45) is 5.17. The second-order valence-electron chi connectivity index (χ2n) is 5.87. The molecule has 0 heterocycles. The average Bonchev–Trinajstić information content (AvgIpc) is 2.41. The van der Waals surface area contributed by atoms with Crippen LogP contribution in [-0.4, -0.2) is 29.8 Å². The number of aliphatic hydroxyl groups is 1. The minimum absolute atomic E-state index is 0.424. The number of hydrogen-bond donors (Lipinski definition) is 3. The van der Waals surface area contributed by atoms with Crippen LogP contribution in [0.3, 0.4) is 0 Å². The first kappa shape index (κ1) is 14.4. The van der Waals surface area contributed by atoms with E-state index in [1.54, 1.807) is 0 Å². The van der Waals surface area contributed by atoms with Crippen molar-refractivity contribution < 1.29 is 5.11 Å². The minimum atomic E-state index is -0.424. The van der Waals surface area contributed by atoms with Gasteiger partial charge in [0.1, 0.15) is 0 Å². The highest BCUT2D eigenvalue weighted by atomic mass is 16.3. The Morgan fingerprint density at radius 3 is 2.53 bits per heavy atom. The maximum Gasteiger partial charge on any atom is 0.0621 e. The van der Waals surface area contributed by atoms with Crippen molar-refractivity contribution in [2.24, 2.45) is 0 Å². The van der Waals surface area contributed by atoms with E-state index in [2.05, 4.69) is 34.9 Å². The molecule has 0 spiro atoms. The zero-order chi connectivity index (χ0) is 13.6. The van der Waals surface area contributed by atoms with E-state index in [-0.39, 0.29) is 0 Å². The third kappa shape index (κ3) is 5.21. The Hall–Kier alpha value is -1.06. The summed E-state index contributed by atoms with van der Waals surface area (Å²) in [4.78, 5) is 0. The third-order valence-electron chi connectivity index (χ3n) is 3.95. The molecule has 1 aromatic rings. The van der Waals surface area contributed by atoms with Gasteiger partial charge in [-0.15, -0.1) is 0 Å². The first-order chi connectivity index (χ1) is 9.16. The fraction of sp³-hybridized carbons (Fsp3) is 0.625. The highest BCUT2D eigenvalue weighted by molar-refractivity contribution is 5.42. The maximum atomic E-state index is 9.89. The molecule has 0 radical (unpaired) electrons. The monoisotopic (exact) mass is 262 g/mol. The molecule has 1 aliphatic rings. The van der Waals surface area contributed by atoms with E-state index in [0.29, 0.717) is 6.04 Å². The van der Waals surface area contributed by atoms with E-state index < -0.39 is 5.60 Å². The lowest BCUT2D eigenvalue weighted by Crippen LogP contribution is -2.40. The van der Waals surface area contributed by atoms with E-state index in [9.17, 15) is 5.11 Å². The van der Waals surface area contributed by atoms with Crippen molar-refractivity contribution in [3.8, 4) is 0 Å². The smallest absolute Gasteiger partial charge is 0.0621 e. The van der Waals surface area contributed by atoms with Crippen LogP contribution in [0.5, 0.6) is 0 Å². The summed E-state index contributed by atoms with van der Waals surface area (Å²) >= 11 is 0. The van der Waals surface area contributed by atoms with Gasteiger partial charge in [-0.2, -0.15) is 0 Å². The Bertz CT molecular complexity index is 354. The molecule has 0 atom stereocenters. The van der Waals surface area contributed by atoms with Gasteiger partial charge in [-0.05, 0) is 57.7 Å². The topological polar surface area (TPSA) is 44.3 Å². The Balaban J connectivity index is 1.53. The largest absolute Gasteiger partial charge is 0.390 e. The van der Waals surface area contributed by atoms with Gasteiger partial charge >= 0.3 is 0 Å². The number of benzene rings is 1. The lowest BCUT2D eigenvalue weighted by molar-refractivity contribution is 0.0142. The zero-order valence-corrected chi connectivity index (χ0v) is 11.9. The van der Waals surface area contributed by atoms with Crippen molar-refractivity contribution in [2.45, 2.75) is 50.7 Å². The van der Waals surface area contributed by atoms with Gasteiger partial charge in [0.25, 0.3) is 0 Å². The average molecular weight is 262 g/mol. The van der Waals surface area contributed by atoms with Crippen LogP contribution in [0.25, 0.3) is 0 Å². The summed E-state index contributed by atoms with van der Waals surface area (Å²) in [6, 6.07) is 10.9. The molecule has 0 aliphatic heterocycles. The van der Waals surface area contributed by atoms with Crippen LogP contribution in [0.2, 0.25) is 0 Å². The molecule has 1 saturated carbocycles. The van der Waals surface area contributed by atoms with E-state index in [0.717, 1.165) is 45.2 Å². The second-order valence-corrected chi connectivity index (χ2v) is 5.87. The summed E-state index contributed by atoms with van der Waals surface area (Å²) in [5.74, 6) is 0. The molecule has 0 bridgehead atoms. The molecule has 1 fully saturated rings. The number of anilines is 1. The summed E-state index contributed by atoms with van der Waals surface area (Å²) in [5.41, 5.74) is 0.767. The standard InChI is InChI=1S/C16H26N2O/c1-16(19)10-8-15(9-11-16)18-13-5-12-17-14-6-3-2-4-7-14/h2-4,6-7,15,17-19H,5,8-13H2,1H3. The highest BCUT2D eigenvalue weighted by Crippen LogP contribution is 2.27. The van der Waals surface area contributed by atoms with Crippen LogP contribution in [0.1, 0.15) is 39.0 Å². The first-order valence-corrected chi connectivity index (χ1v) is 7.40. The lowest BCUT2D eigenvalue weighted by atomic mass is 9.84. The van der Waals surface area contributed by atoms with Crippen LogP contribution in [0.15, 0.2) is 30.3 Å². The summed E-state index contributed by atoms with van der Waals surface area (Å²) < 4.78 is 0. The normalized spacial score (nSPS) is 27.2. The molecular weight excluding hydrogens is 236 g/mol. The van der Waals surface area contributed by atoms with Crippen molar-refractivity contribution in [1.29, 1.82) is 0 Å². The fourth-order valence-electron chi connectivity index (χ4n) is 2.63. The molecule has 0 amide bonds. The number of nitrogens with one attached hydrogen (secondary N) is 2. The predicted octanol–water partition coefficient (Wildman–Crippen LogP) is 2.77. The molecule has 0 saturated heterocycles. The third-order valence-corrected chi connectivity index (χ3v) is 3.95. The van der Waals surface area contributed by atoms with E-state index >= 15 is 0 Å². The Labute approximate surface area is 116 Å². The SMILES string of the molecule is CC1(O)CCC(NCCCNc2ccccc2)CC1. The highest BCUT2D eigenvalue weighted by Gasteiger charge is 2.27. The van der Waals surface area contributed by atoms with Crippen molar-refractivity contribution >= 4 is 5.69 Å². The van der Waals surface area contributed by atoms with Crippen molar-refractivity contribution in [3.63, 3.8) is 0 Å². The number of rotatable bonds is 6. The fourth-order valence-corrected chi connectivity index (χ4v) is 2.63. The molecule has 0 aromatic heterocycles. The molecule has 3 nitrogen and oxygen atoms in total. The molecule has 3 heteroatoms. The molecule has 1 aliphatic carbocycles. The van der Waals surface area contributed by atoms with Gasteiger partial charge in [0.15, 0.2) is 0 Å². The summed E-state index contributed by atoms with van der Waals surface area (Å²) in [6.45, 7) is 4.00. The number of hydrogen-bond acceptors (Lipinski definition) is 3. The zero-order valence-electron chi connectivity index (χ0n) is 11.9. The van der Waals surface area contributed by atoms with Crippen molar-refractivity contribution in [1.82, 2.24) is 5.32 Å². The Kier molecular flexibility index (Phi) is 5.23. The van der Waals surface area contributed by atoms with E-state index in [1.165, 1.54) is 5.69 Å². The van der Waals surface area contributed by atoms with E-state index in [4.69, 9.17) is 0 Å². The summed E-state index contributed by atoms with van der Waals surface area (Å²) in [7, 11) is 0. The molecule has 1 aromatic carbocycles. The molecular formula is C16H26N2O. The van der Waals surface area contributed by atoms with Gasteiger partial charge in [-0.25, -0.2) is 0 Å². The quantitative estimate of drug-likeness (QED) is 0.691. The summed E-state index contributed by atoms with van der Waals surface area (Å²) in [5, 5.41) is 16.9. The van der Waals surface area contributed by atoms with Crippen LogP contribution in [0, 0.1) is 0 Å². The number of para-hydroxylation sites is 1. The lowest BCUT2D eigenvalue weighted by Gasteiger charge is -2.33. The van der Waals surface area contributed by atoms with Gasteiger partial charge in [-0.1, -0.05) is 18.2 Å². The van der Waals surface area contributed by atoms with Crippen LogP contribution >= 0.6 is 0 Å². The van der Waals surface area contributed by atoms with Gasteiger partial charge in [0, 0.05) is 18.3 Å². The van der Waals surface area contributed by atoms with Gasteiger partial charge in [-0.3, -0.25) is 0 Å². The second kappa shape index (κ2) is 6.92. The van der Waals surface area contributed by atoms with E-state index in [1.807, 2.05) is 13.0 Å². The van der Waals surface area contributed by atoms with Crippen molar-refractivity contribution in [2.75, 3.05) is 18.4 Å². The van der Waals surface area contributed by atoms with Crippen molar-refractivity contribution in [3.05, 3.63) is 30.3 Å². The Morgan fingerprint density at radius 1 is 1.16 bits per heavy atom. The first-order valence-electron chi connectivity index (χ1n) is 7.40. The minimum Gasteiger partial charge on any atom is -0.390 e. The van der Waals surface area contributed by atoms with Gasteiger partial charge in [0.05, 0.1) is 5.60 Å². The van der Waals surface area contributed by atoms with Crippen LogP contribution in [0.4, 0.5) is 5.69 Å². The van der Waals surface area contributed by atoms with Gasteiger partial charge in [0.2, 0.25) is 0 Å². The predicted molar refractivity (Wildman–Crippen MR) is 80.4 cm³/mol. The van der Waals surface area contributed by atoms with Gasteiger partial charge < -0.3 is 15.7 Å².